The quantitative estimate of drug-likeness (QED) is 0.0380. The van der Waals surface area contributed by atoms with Crippen molar-refractivity contribution in [2.45, 2.75) is 431 Å². The minimum atomic E-state index is -0.165. The maximum atomic E-state index is 12.5. The van der Waals surface area contributed by atoms with Gasteiger partial charge in [0.25, 0.3) is 0 Å². The summed E-state index contributed by atoms with van der Waals surface area (Å²) < 4.78 is 0. The highest BCUT2D eigenvalue weighted by Crippen LogP contribution is 2.19. The fraction of sp³-hybridized carbons (Fsp3) is 0.827. The molecule has 1 rings (SSSR count). The van der Waals surface area contributed by atoms with Crippen molar-refractivity contribution in [3.05, 3.63) is 59.7 Å². The molecule has 1 aromatic rings. The summed E-state index contributed by atoms with van der Waals surface area (Å²) in [5, 5.41) is 6.22. The summed E-state index contributed by atoms with van der Waals surface area (Å²) in [6.07, 6.45) is 89.8. The molecule has 0 unspecified atom stereocenters. The van der Waals surface area contributed by atoms with E-state index in [2.05, 4.69) is 60.9 Å². The Morgan fingerprint density at radius 3 is 0.652 bits per heavy atom. The van der Waals surface area contributed by atoms with E-state index in [-0.39, 0.29) is 23.6 Å². The Kier molecular flexibility index (Phi) is 70.8. The molecule has 0 fully saturated rings. The van der Waals surface area contributed by atoms with Crippen molar-refractivity contribution in [3.8, 4) is 0 Å². The first-order chi connectivity index (χ1) is 43.8. The zero-order chi connectivity index (χ0) is 64.5. The topological polar surface area (TPSA) is 144 Å². The van der Waals surface area contributed by atoms with Crippen molar-refractivity contribution in [1.82, 2.24) is 10.6 Å². The van der Waals surface area contributed by atoms with Gasteiger partial charge in [0, 0.05) is 38.8 Å². The number of unbranched alkanes of at least 4 members (excludes halogenated alkanes) is 54. The third kappa shape index (κ3) is 71.9. The number of carbonyl (C=O) groups is 4. The van der Waals surface area contributed by atoms with Gasteiger partial charge in [-0.3, -0.25) is 19.2 Å². The van der Waals surface area contributed by atoms with Gasteiger partial charge in [-0.25, -0.2) is 0 Å². The lowest BCUT2D eigenvalue weighted by atomic mass is 10.0. The zero-order valence-electron chi connectivity index (χ0n) is 59.4. The molecule has 0 radical (unpaired) electrons. The lowest BCUT2D eigenvalue weighted by molar-refractivity contribution is -0.122. The molecule has 8 heteroatoms. The lowest BCUT2D eigenvalue weighted by Crippen LogP contribution is -2.25. The molecule has 1 aromatic carbocycles. The molecule has 0 aliphatic carbocycles. The van der Waals surface area contributed by atoms with E-state index in [0.717, 1.165) is 62.5 Å². The van der Waals surface area contributed by atoms with Gasteiger partial charge in [-0.15, -0.1) is 0 Å². The highest BCUT2D eigenvalue weighted by Gasteiger charge is 2.08. The minimum absolute atomic E-state index is 0.136. The van der Waals surface area contributed by atoms with Crippen LogP contribution in [0.4, 0.5) is 0 Å². The second kappa shape index (κ2) is 73.6. The van der Waals surface area contributed by atoms with E-state index in [9.17, 15) is 19.2 Å². The Bertz CT molecular complexity index is 1590. The highest BCUT2D eigenvalue weighted by atomic mass is 16.2. The van der Waals surface area contributed by atoms with Crippen molar-refractivity contribution in [1.29, 1.82) is 0 Å². The molecule has 89 heavy (non-hydrogen) atoms. The van der Waals surface area contributed by atoms with Crippen LogP contribution in [-0.2, 0) is 32.3 Å². The van der Waals surface area contributed by atoms with Crippen LogP contribution < -0.4 is 22.1 Å². The molecule has 0 aromatic heterocycles. The summed E-state index contributed by atoms with van der Waals surface area (Å²) in [7, 11) is 0. The second-order valence-electron chi connectivity index (χ2n) is 27.1. The molecule has 0 saturated carbocycles. The lowest BCUT2D eigenvalue weighted by Gasteiger charge is -2.12. The van der Waals surface area contributed by atoms with Crippen molar-refractivity contribution < 1.29 is 19.2 Å². The van der Waals surface area contributed by atoms with Gasteiger partial charge in [-0.05, 0) is 88.2 Å². The highest BCUT2D eigenvalue weighted by molar-refractivity contribution is 5.76. The number of carbonyl (C=O) groups excluding carboxylic acids is 4. The van der Waals surface area contributed by atoms with E-state index < -0.39 is 0 Å². The molecule has 0 spiro atoms. The summed E-state index contributed by atoms with van der Waals surface area (Å²) in [6.45, 7) is 5.63. The molecule has 8 nitrogen and oxygen atoms in total. The van der Waals surface area contributed by atoms with E-state index >= 15 is 0 Å². The maximum absolute atomic E-state index is 12.5. The van der Waals surface area contributed by atoms with Crippen LogP contribution in [0.5, 0.6) is 0 Å². The maximum Gasteiger partial charge on any atom is 0.220 e. The molecular weight excluding hydrogens is 1090 g/mol. The number of rotatable bonds is 70. The largest absolute Gasteiger partial charge is 0.370 e. The van der Waals surface area contributed by atoms with E-state index in [0.29, 0.717) is 38.8 Å². The van der Waals surface area contributed by atoms with Gasteiger partial charge in [0.15, 0.2) is 0 Å². The Labute approximate surface area is 553 Å². The number of nitrogens with two attached hydrogens (primary N) is 2. The minimum Gasteiger partial charge on any atom is -0.370 e. The van der Waals surface area contributed by atoms with Crippen LogP contribution in [0.3, 0.4) is 0 Å². The smallest absolute Gasteiger partial charge is 0.220 e. The van der Waals surface area contributed by atoms with Crippen molar-refractivity contribution in [2.75, 3.05) is 0 Å². The first-order valence-electron chi connectivity index (χ1n) is 39.3. The standard InChI is InChI=1S/C44H80N2O2.C37H70N2O2/c1-3-5-7-9-11-13-15-17-19-21-23-25-27-29-31-37-43(47)45-39-41-35-33-34-36-42(41)40-46-44(48)38-32-30-28-26-24-22-20-18-16-14-12-10-8-6-4-2;38-36(40)34-32-30-28-26-24-22-20-18-16-14-12-10-8-6-4-2-1-3-5-7-9-11-13-15-17-19-21-23-25-27-29-31-33-35-37(39)41/h33-36H,3-32,37-40H2,1-2H3,(H,45,47)(H,46,48);18-21H,1-17,22-35H2,(H2,38,40)(H2,39,41)/b;20-18-,21-19-. The number of amides is 4. The first kappa shape index (κ1) is 85.6. The average molecular weight is 1240 g/mol. The summed E-state index contributed by atoms with van der Waals surface area (Å²) in [4.78, 5) is 46.3. The van der Waals surface area contributed by atoms with E-state index in [1.807, 2.05) is 12.1 Å². The normalized spacial score (nSPS) is 11.4. The number of benzene rings is 1. The van der Waals surface area contributed by atoms with Crippen LogP contribution in [0.2, 0.25) is 0 Å². The van der Waals surface area contributed by atoms with Gasteiger partial charge in [-0.2, -0.15) is 0 Å². The zero-order valence-corrected chi connectivity index (χ0v) is 59.4. The van der Waals surface area contributed by atoms with Gasteiger partial charge in [0.2, 0.25) is 23.6 Å². The fourth-order valence-corrected chi connectivity index (χ4v) is 12.3. The van der Waals surface area contributed by atoms with Gasteiger partial charge in [0.05, 0.1) is 0 Å². The van der Waals surface area contributed by atoms with Crippen LogP contribution in [0.25, 0.3) is 0 Å². The van der Waals surface area contributed by atoms with E-state index in [1.165, 1.54) is 327 Å². The summed E-state index contributed by atoms with van der Waals surface area (Å²) in [6, 6.07) is 8.14. The Morgan fingerprint density at radius 1 is 0.270 bits per heavy atom. The van der Waals surface area contributed by atoms with Crippen LogP contribution in [0.15, 0.2) is 48.6 Å². The van der Waals surface area contributed by atoms with Crippen LogP contribution in [-0.4, -0.2) is 23.6 Å². The third-order valence-corrected chi connectivity index (χ3v) is 18.2. The van der Waals surface area contributed by atoms with Gasteiger partial charge < -0.3 is 22.1 Å². The summed E-state index contributed by atoms with van der Waals surface area (Å²) >= 11 is 0. The van der Waals surface area contributed by atoms with Gasteiger partial charge >= 0.3 is 0 Å². The van der Waals surface area contributed by atoms with Crippen LogP contribution in [0.1, 0.15) is 429 Å². The predicted molar refractivity (Wildman–Crippen MR) is 389 cm³/mol. The fourth-order valence-electron chi connectivity index (χ4n) is 12.3. The van der Waals surface area contributed by atoms with E-state index in [4.69, 9.17) is 11.5 Å². The van der Waals surface area contributed by atoms with Gasteiger partial charge in [0.1, 0.15) is 0 Å². The SMILES string of the molecule is CCCCCCCCCCCCCCCCCC(=O)NCc1ccccc1CNC(=O)CCCCCCCCCCCCCCCCC.NC(=O)CCCCCCC/C=C\CCCCCCCCCCCCCCCCC/C=C\CCCCCCCC(N)=O. The molecule has 518 valence electrons. The van der Waals surface area contributed by atoms with Crippen molar-refractivity contribution in [2.24, 2.45) is 11.5 Å². The Hall–Kier alpha value is -3.42. The summed E-state index contributed by atoms with van der Waals surface area (Å²) in [5.41, 5.74) is 12.5. The first-order valence-corrected chi connectivity index (χ1v) is 39.3. The van der Waals surface area contributed by atoms with E-state index in [1.54, 1.807) is 0 Å². The van der Waals surface area contributed by atoms with Crippen LogP contribution in [0, 0.1) is 0 Å². The number of allylic oxidation sites excluding steroid dienone is 4. The van der Waals surface area contributed by atoms with Crippen molar-refractivity contribution >= 4 is 23.6 Å². The molecule has 0 heterocycles. The Balaban J connectivity index is 0.00000176. The van der Waals surface area contributed by atoms with Gasteiger partial charge in [-0.1, -0.05) is 364 Å². The molecule has 0 bridgehead atoms. The second-order valence-corrected chi connectivity index (χ2v) is 27.1. The molecule has 0 aliphatic rings. The van der Waals surface area contributed by atoms with Crippen LogP contribution >= 0.6 is 0 Å². The third-order valence-electron chi connectivity index (χ3n) is 18.2. The molecular formula is C81H150N4O4. The Morgan fingerprint density at radius 2 is 0.449 bits per heavy atom. The monoisotopic (exact) mass is 1240 g/mol. The molecule has 0 aliphatic heterocycles. The molecule has 0 atom stereocenters. The molecule has 0 saturated heterocycles. The number of hydrogen-bond donors (Lipinski definition) is 4. The molecule has 6 N–H and O–H groups in total. The average Bonchev–Trinajstić information content (AvgIpc) is 3.57. The summed E-state index contributed by atoms with van der Waals surface area (Å²) in [5.74, 6) is -0.0579. The number of hydrogen-bond acceptors (Lipinski definition) is 4. The number of primary amides is 2. The predicted octanol–water partition coefficient (Wildman–Crippen LogP) is 24.6. The number of nitrogens with one attached hydrogen (secondary N) is 2. The molecule has 4 amide bonds. The van der Waals surface area contributed by atoms with Crippen molar-refractivity contribution in [3.63, 3.8) is 0 Å².